The molecule has 0 radical (unpaired) electrons. The lowest BCUT2D eigenvalue weighted by Crippen LogP contribution is -3.16. The zero-order valence-electron chi connectivity index (χ0n) is 16.4. The maximum Gasteiger partial charge on any atom is 0.328 e. The van der Waals surface area contributed by atoms with Gasteiger partial charge in [-0.3, -0.25) is 9.59 Å². The number of hydrogen-bond donors (Lipinski definition) is 2. The molecule has 1 fully saturated rings. The highest BCUT2D eigenvalue weighted by Gasteiger charge is 2.30. The van der Waals surface area contributed by atoms with Gasteiger partial charge in [0.05, 0.1) is 33.3 Å². The van der Waals surface area contributed by atoms with Crippen molar-refractivity contribution >= 4 is 17.8 Å². The van der Waals surface area contributed by atoms with Gasteiger partial charge in [0.2, 0.25) is 0 Å². The van der Waals surface area contributed by atoms with Gasteiger partial charge in [-0.15, -0.1) is 0 Å². The Morgan fingerprint density at radius 1 is 1.19 bits per heavy atom. The fourth-order valence-corrected chi connectivity index (χ4v) is 3.21. The number of methoxy groups -OCH3 is 1. The van der Waals surface area contributed by atoms with E-state index < -0.39 is 12.0 Å². The van der Waals surface area contributed by atoms with Crippen LogP contribution in [-0.2, 0) is 14.3 Å². The van der Waals surface area contributed by atoms with Crippen LogP contribution in [0.5, 0.6) is 0 Å². The molecule has 1 aromatic rings. The van der Waals surface area contributed by atoms with Crippen molar-refractivity contribution in [2.45, 2.75) is 26.3 Å². The van der Waals surface area contributed by atoms with E-state index >= 15 is 0 Å². The molecule has 7 nitrogen and oxygen atoms in total. The molecule has 0 spiro atoms. The molecular weight excluding hydrogens is 346 g/mol. The number of nitrogens with zero attached hydrogens (tertiary/aromatic N) is 1. The van der Waals surface area contributed by atoms with Gasteiger partial charge in [0, 0.05) is 5.56 Å². The third-order valence-electron chi connectivity index (χ3n) is 5.17. The Morgan fingerprint density at radius 3 is 2.37 bits per heavy atom. The number of nitrogens with one attached hydrogen (secondary N) is 2. The minimum atomic E-state index is -0.618. The van der Waals surface area contributed by atoms with Crippen LogP contribution in [0.15, 0.2) is 30.3 Å². The summed E-state index contributed by atoms with van der Waals surface area (Å²) < 4.78 is 4.80. The molecule has 2 N–H and O–H groups in total. The summed E-state index contributed by atoms with van der Waals surface area (Å²) in [7, 11) is 1.33. The van der Waals surface area contributed by atoms with Crippen molar-refractivity contribution < 1.29 is 24.0 Å². The monoisotopic (exact) mass is 376 g/mol. The fraction of sp³-hybridized carbons (Fsp3) is 0.550. The number of quaternary nitrogens is 1. The van der Waals surface area contributed by atoms with Crippen molar-refractivity contribution in [2.75, 3.05) is 39.8 Å². The predicted octanol–water partition coefficient (Wildman–Crippen LogP) is -0.269. The van der Waals surface area contributed by atoms with Crippen LogP contribution in [0, 0.1) is 5.92 Å². The summed E-state index contributed by atoms with van der Waals surface area (Å²) in [4.78, 5) is 39.7. The van der Waals surface area contributed by atoms with E-state index in [1.165, 1.54) is 7.11 Å². The molecule has 1 heterocycles. The van der Waals surface area contributed by atoms with Gasteiger partial charge in [0.25, 0.3) is 11.8 Å². The quantitative estimate of drug-likeness (QED) is 0.642. The second-order valence-corrected chi connectivity index (χ2v) is 7.04. The molecule has 0 saturated carbocycles. The number of carbonyl (C=O) groups is 3. The van der Waals surface area contributed by atoms with Gasteiger partial charge < -0.3 is 19.9 Å². The van der Waals surface area contributed by atoms with Gasteiger partial charge in [0.15, 0.2) is 6.54 Å². The van der Waals surface area contributed by atoms with Crippen molar-refractivity contribution in [3.63, 3.8) is 0 Å². The number of ether oxygens (including phenoxy) is 1. The summed E-state index contributed by atoms with van der Waals surface area (Å²) in [5.74, 6) is -0.534. The molecule has 2 amide bonds. The van der Waals surface area contributed by atoms with Gasteiger partial charge in [-0.05, 0) is 18.1 Å². The molecule has 27 heavy (non-hydrogen) atoms. The Hall–Kier alpha value is -2.41. The number of hydrogen-bond acceptors (Lipinski definition) is 4. The molecule has 2 atom stereocenters. The number of piperazine rings is 1. The Bertz CT molecular complexity index is 642. The Morgan fingerprint density at radius 2 is 1.81 bits per heavy atom. The summed E-state index contributed by atoms with van der Waals surface area (Å²) in [6.07, 6.45) is 0.771. The molecule has 1 aromatic carbocycles. The lowest BCUT2D eigenvalue weighted by molar-refractivity contribution is -0.896. The molecule has 0 bridgehead atoms. The second kappa shape index (κ2) is 10.1. The molecule has 2 rings (SSSR count). The van der Waals surface area contributed by atoms with E-state index in [1.54, 1.807) is 0 Å². The highest BCUT2D eigenvalue weighted by molar-refractivity contribution is 5.94. The minimum absolute atomic E-state index is 0.0109. The maximum atomic E-state index is 12.5. The predicted molar refractivity (Wildman–Crippen MR) is 101 cm³/mol. The van der Waals surface area contributed by atoms with Crippen LogP contribution in [0.1, 0.15) is 30.6 Å². The van der Waals surface area contributed by atoms with Gasteiger partial charge in [-0.2, -0.15) is 0 Å². The van der Waals surface area contributed by atoms with Crippen LogP contribution < -0.4 is 10.2 Å². The Kier molecular flexibility index (Phi) is 7.79. The number of amides is 2. The summed E-state index contributed by atoms with van der Waals surface area (Å²) >= 11 is 0. The van der Waals surface area contributed by atoms with Crippen molar-refractivity contribution in [1.82, 2.24) is 10.2 Å². The van der Waals surface area contributed by atoms with Gasteiger partial charge in [0.1, 0.15) is 6.04 Å². The van der Waals surface area contributed by atoms with E-state index in [9.17, 15) is 14.4 Å². The van der Waals surface area contributed by atoms with Crippen molar-refractivity contribution in [1.29, 1.82) is 0 Å². The van der Waals surface area contributed by atoms with Crippen molar-refractivity contribution in [3.05, 3.63) is 35.9 Å². The smallest absolute Gasteiger partial charge is 0.328 e. The molecule has 1 saturated heterocycles. The summed E-state index contributed by atoms with van der Waals surface area (Å²) in [5, 5.41) is 2.81. The Labute approximate surface area is 160 Å². The lowest BCUT2D eigenvalue weighted by Gasteiger charge is -2.32. The number of esters is 1. The highest BCUT2D eigenvalue weighted by atomic mass is 16.5. The van der Waals surface area contributed by atoms with Gasteiger partial charge in [-0.1, -0.05) is 38.5 Å². The highest BCUT2D eigenvalue weighted by Crippen LogP contribution is 2.09. The van der Waals surface area contributed by atoms with Crippen LogP contribution >= 0.6 is 0 Å². The number of rotatable bonds is 7. The number of benzene rings is 1. The fourth-order valence-electron chi connectivity index (χ4n) is 3.21. The first-order valence-electron chi connectivity index (χ1n) is 9.51. The average Bonchev–Trinajstić information content (AvgIpc) is 2.71. The standard InChI is InChI=1S/C20H29N3O4/c1-4-15(2)18(20(26)27-3)21-17(24)14-22-10-12-23(13-11-22)19(25)16-8-6-5-7-9-16/h5-9,15,18H,4,10-14H2,1-3H3,(H,21,24)/p+1/t15-,18+/m0/s1. The molecule has 1 aliphatic rings. The molecule has 0 unspecified atom stereocenters. The van der Waals surface area contributed by atoms with Gasteiger partial charge in [-0.25, -0.2) is 4.79 Å². The van der Waals surface area contributed by atoms with Crippen LogP contribution in [0.2, 0.25) is 0 Å². The van der Waals surface area contributed by atoms with Crippen LogP contribution in [0.4, 0.5) is 0 Å². The van der Waals surface area contributed by atoms with E-state index in [1.807, 2.05) is 49.1 Å². The van der Waals surface area contributed by atoms with Crippen LogP contribution in [-0.4, -0.2) is 68.6 Å². The van der Waals surface area contributed by atoms with E-state index in [0.29, 0.717) is 31.7 Å². The molecule has 7 heteroatoms. The normalized spacial score (nSPS) is 17.1. The lowest BCUT2D eigenvalue weighted by atomic mass is 9.99. The molecular formula is C20H30N3O4+. The minimum Gasteiger partial charge on any atom is -0.467 e. The summed E-state index contributed by atoms with van der Waals surface area (Å²) in [6, 6.07) is 8.61. The zero-order chi connectivity index (χ0) is 19.8. The van der Waals surface area contributed by atoms with E-state index in [0.717, 1.165) is 11.3 Å². The SMILES string of the molecule is CC[C@H](C)[C@@H](NC(=O)C[NH+]1CCN(C(=O)c2ccccc2)CC1)C(=O)OC. The second-order valence-electron chi connectivity index (χ2n) is 7.04. The first-order chi connectivity index (χ1) is 13.0. The van der Waals surface area contributed by atoms with E-state index in [2.05, 4.69) is 5.32 Å². The Balaban J connectivity index is 1.83. The molecule has 0 aliphatic carbocycles. The average molecular weight is 376 g/mol. The largest absolute Gasteiger partial charge is 0.467 e. The van der Waals surface area contributed by atoms with E-state index in [4.69, 9.17) is 4.74 Å². The van der Waals surface area contributed by atoms with E-state index in [-0.39, 0.29) is 24.3 Å². The summed E-state index contributed by atoms with van der Waals surface area (Å²) in [5.41, 5.74) is 0.688. The molecule has 148 valence electrons. The van der Waals surface area contributed by atoms with Crippen molar-refractivity contribution in [2.24, 2.45) is 5.92 Å². The topological polar surface area (TPSA) is 80.2 Å². The third-order valence-corrected chi connectivity index (χ3v) is 5.17. The first kappa shape index (κ1) is 20.9. The van der Waals surface area contributed by atoms with Crippen molar-refractivity contribution in [3.8, 4) is 0 Å². The molecule has 1 aliphatic heterocycles. The van der Waals surface area contributed by atoms with Crippen LogP contribution in [0.25, 0.3) is 0 Å². The van der Waals surface area contributed by atoms with Crippen LogP contribution in [0.3, 0.4) is 0 Å². The molecule has 0 aromatic heterocycles. The summed E-state index contributed by atoms with van der Waals surface area (Å²) in [6.45, 7) is 6.82. The van der Waals surface area contributed by atoms with Gasteiger partial charge >= 0.3 is 5.97 Å². The number of carbonyl (C=O) groups excluding carboxylic acids is 3. The maximum absolute atomic E-state index is 12.5. The first-order valence-corrected chi connectivity index (χ1v) is 9.51. The third kappa shape index (κ3) is 5.79. The zero-order valence-corrected chi connectivity index (χ0v) is 16.4.